The maximum atomic E-state index is 13.0. The molecule has 2 aromatic carbocycles. The topological polar surface area (TPSA) is 64.0 Å². The first-order valence-electron chi connectivity index (χ1n) is 8.22. The molecule has 0 saturated carbocycles. The van der Waals surface area contributed by atoms with Crippen LogP contribution in [0.15, 0.2) is 47.3 Å². The number of aryl methyl sites for hydroxylation is 1. The lowest BCUT2D eigenvalue weighted by Crippen LogP contribution is -2.28. The van der Waals surface area contributed by atoms with Crippen LogP contribution >= 0.6 is 0 Å². The quantitative estimate of drug-likeness (QED) is 0.781. The molecule has 0 aliphatic carbocycles. The molecule has 5 nitrogen and oxygen atoms in total. The van der Waals surface area contributed by atoms with Crippen LogP contribution in [0, 0.1) is 5.82 Å². The zero-order chi connectivity index (χ0) is 17.4. The number of carbonyl (C=O) groups excluding carboxylic acids is 1. The van der Waals surface area contributed by atoms with Gasteiger partial charge >= 0.3 is 0 Å². The lowest BCUT2D eigenvalue weighted by atomic mass is 10.1. The number of benzene rings is 2. The van der Waals surface area contributed by atoms with Crippen LogP contribution in [-0.4, -0.2) is 15.5 Å². The molecule has 0 fully saturated rings. The second-order valence-electron chi connectivity index (χ2n) is 6.13. The number of aromatic nitrogens is 2. The summed E-state index contributed by atoms with van der Waals surface area (Å²) < 4.78 is 14.7. The molecule has 2 heterocycles. The fraction of sp³-hybridized carbons (Fsp3) is 0.211. The van der Waals surface area contributed by atoms with Gasteiger partial charge in [-0.2, -0.15) is 0 Å². The van der Waals surface area contributed by atoms with Gasteiger partial charge in [0.05, 0.1) is 10.9 Å². The number of nitrogens with one attached hydrogen (secondary N) is 1. The molecule has 1 amide bonds. The monoisotopic (exact) mass is 337 g/mol. The summed E-state index contributed by atoms with van der Waals surface area (Å²) in [5.74, 6) is 0.0725. The fourth-order valence-corrected chi connectivity index (χ4v) is 3.12. The largest absolute Gasteiger partial charge is 0.322 e. The number of anilines is 1. The van der Waals surface area contributed by atoms with Crippen LogP contribution in [0.1, 0.15) is 29.0 Å². The number of hydrogen-bond donors (Lipinski definition) is 1. The van der Waals surface area contributed by atoms with E-state index < -0.39 is 5.82 Å². The highest BCUT2D eigenvalue weighted by Gasteiger charge is 2.15. The van der Waals surface area contributed by atoms with Gasteiger partial charge in [-0.15, -0.1) is 0 Å². The number of rotatable bonds is 2. The van der Waals surface area contributed by atoms with Crippen molar-refractivity contribution in [3.63, 3.8) is 0 Å². The van der Waals surface area contributed by atoms with Crippen molar-refractivity contribution >= 4 is 22.5 Å². The molecule has 25 heavy (non-hydrogen) atoms. The van der Waals surface area contributed by atoms with Crippen molar-refractivity contribution < 1.29 is 9.18 Å². The average Bonchev–Trinajstić information content (AvgIpc) is 2.63. The Labute approximate surface area is 143 Å². The van der Waals surface area contributed by atoms with E-state index in [1.165, 1.54) is 24.3 Å². The Bertz CT molecular complexity index is 1030. The van der Waals surface area contributed by atoms with E-state index in [2.05, 4.69) is 10.3 Å². The number of nitrogens with zero attached hydrogens (tertiary/aromatic N) is 2. The molecule has 1 N–H and O–H groups in total. The molecular weight excluding hydrogens is 321 g/mol. The molecule has 3 aromatic rings. The van der Waals surface area contributed by atoms with Crippen LogP contribution in [0.3, 0.4) is 0 Å². The molecule has 6 heteroatoms. The van der Waals surface area contributed by atoms with Gasteiger partial charge < -0.3 is 5.32 Å². The first-order chi connectivity index (χ1) is 12.1. The third-order valence-electron chi connectivity index (χ3n) is 4.43. The predicted octanol–water partition coefficient (Wildman–Crippen LogP) is 3.12. The molecule has 1 aromatic heterocycles. The third-order valence-corrected chi connectivity index (χ3v) is 4.43. The molecule has 0 saturated heterocycles. The van der Waals surface area contributed by atoms with Gasteiger partial charge in [0, 0.05) is 24.2 Å². The lowest BCUT2D eigenvalue weighted by molar-refractivity contribution is 0.102. The molecule has 4 rings (SSSR count). The van der Waals surface area contributed by atoms with E-state index in [1.807, 2.05) is 0 Å². The van der Waals surface area contributed by atoms with Gasteiger partial charge in [-0.05, 0) is 55.3 Å². The van der Waals surface area contributed by atoms with E-state index in [9.17, 15) is 14.0 Å². The van der Waals surface area contributed by atoms with Crippen molar-refractivity contribution in [3.8, 4) is 0 Å². The molecular formula is C19H16FN3O2. The Morgan fingerprint density at radius 3 is 2.72 bits per heavy atom. The van der Waals surface area contributed by atoms with Gasteiger partial charge in [0.15, 0.2) is 0 Å². The van der Waals surface area contributed by atoms with Crippen LogP contribution in [0.2, 0.25) is 0 Å². The van der Waals surface area contributed by atoms with E-state index in [0.717, 1.165) is 25.1 Å². The van der Waals surface area contributed by atoms with Crippen LogP contribution < -0.4 is 10.9 Å². The molecule has 126 valence electrons. The minimum Gasteiger partial charge on any atom is -0.322 e. The first kappa shape index (κ1) is 15.5. The van der Waals surface area contributed by atoms with Gasteiger partial charge in [-0.1, -0.05) is 0 Å². The minimum atomic E-state index is -0.397. The summed E-state index contributed by atoms with van der Waals surface area (Å²) in [5.41, 5.74) is 1.43. The fourth-order valence-electron chi connectivity index (χ4n) is 3.12. The summed E-state index contributed by atoms with van der Waals surface area (Å²) in [6.07, 6.45) is 2.83. The summed E-state index contributed by atoms with van der Waals surface area (Å²) in [4.78, 5) is 29.5. The average molecular weight is 337 g/mol. The van der Waals surface area contributed by atoms with E-state index in [0.29, 0.717) is 28.7 Å². The first-order valence-corrected chi connectivity index (χ1v) is 8.22. The van der Waals surface area contributed by atoms with E-state index in [4.69, 9.17) is 0 Å². The van der Waals surface area contributed by atoms with Crippen LogP contribution in [-0.2, 0) is 13.0 Å². The van der Waals surface area contributed by atoms with E-state index in [-0.39, 0.29) is 11.5 Å². The Morgan fingerprint density at radius 2 is 1.92 bits per heavy atom. The standard InChI is InChI=1S/C19H16FN3O2/c20-13-6-4-12(5-7-13)18(24)21-14-8-9-16-15(11-14)19(25)23-10-2-1-3-17(23)22-16/h4-9,11H,1-3,10H2,(H,21,24). The van der Waals surface area contributed by atoms with Gasteiger partial charge in [-0.3, -0.25) is 14.2 Å². The van der Waals surface area contributed by atoms with Crippen molar-refractivity contribution in [1.82, 2.24) is 9.55 Å². The second kappa shape index (κ2) is 6.12. The summed E-state index contributed by atoms with van der Waals surface area (Å²) in [6, 6.07) is 10.4. The highest BCUT2D eigenvalue weighted by Crippen LogP contribution is 2.19. The van der Waals surface area contributed by atoms with Crippen LogP contribution in [0.25, 0.3) is 10.9 Å². The minimum absolute atomic E-state index is 0.0717. The summed E-state index contributed by atoms with van der Waals surface area (Å²) in [5, 5.41) is 3.23. The van der Waals surface area contributed by atoms with Crippen molar-refractivity contribution in [1.29, 1.82) is 0 Å². The Balaban J connectivity index is 1.69. The number of hydrogen-bond acceptors (Lipinski definition) is 3. The Kier molecular flexibility index (Phi) is 3.80. The normalized spacial score (nSPS) is 13.5. The smallest absolute Gasteiger partial charge is 0.261 e. The molecule has 0 radical (unpaired) electrons. The molecule has 0 atom stereocenters. The van der Waals surface area contributed by atoms with Crippen molar-refractivity contribution in [2.24, 2.45) is 0 Å². The molecule has 0 spiro atoms. The van der Waals surface area contributed by atoms with Crippen molar-refractivity contribution in [2.45, 2.75) is 25.8 Å². The van der Waals surface area contributed by atoms with E-state index >= 15 is 0 Å². The van der Waals surface area contributed by atoms with Crippen LogP contribution in [0.4, 0.5) is 10.1 Å². The predicted molar refractivity (Wildman–Crippen MR) is 93.3 cm³/mol. The third kappa shape index (κ3) is 2.91. The maximum Gasteiger partial charge on any atom is 0.261 e. The number of carbonyl (C=O) groups is 1. The SMILES string of the molecule is O=C(Nc1ccc2nc3n(c(=O)c2c1)CCCC3)c1ccc(F)cc1. The Morgan fingerprint density at radius 1 is 1.12 bits per heavy atom. The molecule has 1 aliphatic rings. The van der Waals surface area contributed by atoms with Crippen molar-refractivity contribution in [3.05, 3.63) is 70.0 Å². The van der Waals surface area contributed by atoms with Gasteiger partial charge in [0.2, 0.25) is 0 Å². The number of amides is 1. The highest BCUT2D eigenvalue weighted by molar-refractivity contribution is 6.05. The molecule has 0 bridgehead atoms. The zero-order valence-corrected chi connectivity index (χ0v) is 13.5. The van der Waals surface area contributed by atoms with Gasteiger partial charge in [0.25, 0.3) is 11.5 Å². The maximum absolute atomic E-state index is 13.0. The lowest BCUT2D eigenvalue weighted by Gasteiger charge is -2.18. The summed E-state index contributed by atoms with van der Waals surface area (Å²) in [7, 11) is 0. The molecule has 0 unspecified atom stereocenters. The molecule has 1 aliphatic heterocycles. The van der Waals surface area contributed by atoms with Crippen LogP contribution in [0.5, 0.6) is 0 Å². The summed E-state index contributed by atoms with van der Waals surface area (Å²) >= 11 is 0. The summed E-state index contributed by atoms with van der Waals surface area (Å²) in [6.45, 7) is 0.684. The number of fused-ring (bicyclic) bond motifs is 2. The van der Waals surface area contributed by atoms with Crippen molar-refractivity contribution in [2.75, 3.05) is 5.32 Å². The van der Waals surface area contributed by atoms with Gasteiger partial charge in [0.1, 0.15) is 11.6 Å². The van der Waals surface area contributed by atoms with E-state index in [1.54, 1.807) is 22.8 Å². The number of halogens is 1. The Hall–Kier alpha value is -3.02. The second-order valence-corrected chi connectivity index (χ2v) is 6.13. The zero-order valence-electron chi connectivity index (χ0n) is 13.5. The highest BCUT2D eigenvalue weighted by atomic mass is 19.1. The van der Waals surface area contributed by atoms with Gasteiger partial charge in [-0.25, -0.2) is 9.37 Å².